The van der Waals surface area contributed by atoms with Crippen molar-refractivity contribution in [2.75, 3.05) is 56.1 Å². The van der Waals surface area contributed by atoms with Crippen LogP contribution in [-0.2, 0) is 32.5 Å². The van der Waals surface area contributed by atoms with Gasteiger partial charge in [-0.25, -0.2) is 13.9 Å². The van der Waals surface area contributed by atoms with Gasteiger partial charge in [0.25, 0.3) is 0 Å². The lowest BCUT2D eigenvalue weighted by Crippen LogP contribution is -2.40. The molecular weight excluding hydrogens is 650 g/mol. The number of aliphatic hydroxyl groups excluding tert-OH is 1. The Kier molecular flexibility index (Phi) is 12.1. The quantitative estimate of drug-likeness (QED) is 0.224. The minimum atomic E-state index is -4.31. The number of imidazole rings is 1. The number of aliphatic hydroxyl groups is 1. The van der Waals surface area contributed by atoms with Gasteiger partial charge in [-0.15, -0.1) is 0 Å². The molecular formula is C27H44FN6O8PS2. The van der Waals surface area contributed by atoms with Crippen LogP contribution in [0, 0.1) is 10.8 Å². The largest absolute Gasteiger partial charge is 0.474 e. The van der Waals surface area contributed by atoms with Crippen LogP contribution in [0.25, 0.3) is 11.2 Å². The molecule has 0 radical (unpaired) electrons. The van der Waals surface area contributed by atoms with Gasteiger partial charge in [0.1, 0.15) is 12.2 Å². The molecule has 0 bridgehead atoms. The van der Waals surface area contributed by atoms with E-state index in [0.29, 0.717) is 11.3 Å². The Morgan fingerprint density at radius 1 is 1.09 bits per heavy atom. The Balaban J connectivity index is 1.74. The standard InChI is InChI=1S/C27H44FN6O8PS2/c1-25(2,3)22(36)44-12-10-39-43(38,40-11-13-45-23(37)26(4,5)6)41-14-16-18(35)27(7,28)21(42-16)34-15-30-17-19(33(8)9)31-24(29)32-20(17)34/h15-16,18,21,35H,10-14H2,1-9H3,(H2,29,31,32)/t16?,18-,21-,27-/m1/s1. The topological polar surface area (TPSA) is 181 Å². The highest BCUT2D eigenvalue weighted by atomic mass is 32.2. The second-order valence-corrected chi connectivity index (χ2v) is 16.7. The molecule has 0 amide bonds. The fourth-order valence-corrected chi connectivity index (χ4v) is 7.03. The Hall–Kier alpha value is -1.85. The van der Waals surface area contributed by atoms with Gasteiger partial charge in [0, 0.05) is 36.4 Å². The zero-order valence-electron chi connectivity index (χ0n) is 27.1. The van der Waals surface area contributed by atoms with E-state index >= 15 is 4.39 Å². The summed E-state index contributed by atoms with van der Waals surface area (Å²) in [5.41, 5.74) is 2.92. The van der Waals surface area contributed by atoms with E-state index in [9.17, 15) is 19.3 Å². The van der Waals surface area contributed by atoms with Crippen LogP contribution in [0.3, 0.4) is 0 Å². The number of phosphoric acid groups is 1. The number of thioether (sulfide) groups is 2. The summed E-state index contributed by atoms with van der Waals surface area (Å²) in [6, 6.07) is 0. The first kappa shape index (κ1) is 37.6. The Bertz CT molecular complexity index is 1380. The fraction of sp³-hybridized carbons (Fsp3) is 0.741. The summed E-state index contributed by atoms with van der Waals surface area (Å²) < 4.78 is 53.4. The van der Waals surface area contributed by atoms with Crippen molar-refractivity contribution in [3.63, 3.8) is 0 Å². The molecule has 18 heteroatoms. The number of anilines is 2. The van der Waals surface area contributed by atoms with Gasteiger partial charge >= 0.3 is 7.82 Å². The minimum Gasteiger partial charge on any atom is -0.387 e. The highest BCUT2D eigenvalue weighted by Gasteiger charge is 2.56. The van der Waals surface area contributed by atoms with Crippen LogP contribution in [0.15, 0.2) is 6.33 Å². The average Bonchev–Trinajstić information content (AvgIpc) is 3.43. The first-order valence-electron chi connectivity index (χ1n) is 14.3. The second-order valence-electron chi connectivity index (χ2n) is 12.9. The Morgan fingerprint density at radius 2 is 1.62 bits per heavy atom. The number of carbonyl (C=O) groups excluding carboxylic acids is 2. The number of phosphoric ester groups is 1. The Labute approximate surface area is 271 Å². The molecule has 4 atom stereocenters. The van der Waals surface area contributed by atoms with E-state index in [1.54, 1.807) is 60.5 Å². The third-order valence-corrected chi connectivity index (χ3v) is 10.5. The van der Waals surface area contributed by atoms with Crippen molar-refractivity contribution in [1.82, 2.24) is 19.5 Å². The molecule has 3 rings (SSSR count). The average molecular weight is 695 g/mol. The van der Waals surface area contributed by atoms with Crippen LogP contribution in [0.2, 0.25) is 0 Å². The number of hydrogen-bond donors (Lipinski definition) is 2. The zero-order chi connectivity index (χ0) is 34.0. The first-order valence-corrected chi connectivity index (χ1v) is 17.7. The van der Waals surface area contributed by atoms with Gasteiger partial charge in [-0.3, -0.25) is 27.7 Å². The van der Waals surface area contributed by atoms with Crippen LogP contribution in [0.1, 0.15) is 54.7 Å². The third-order valence-electron chi connectivity index (χ3n) is 6.57. The number of aromatic nitrogens is 4. The van der Waals surface area contributed by atoms with Gasteiger partial charge < -0.3 is 20.5 Å². The summed E-state index contributed by atoms with van der Waals surface area (Å²) in [6.07, 6.45) is -3.12. The van der Waals surface area contributed by atoms with Crippen molar-refractivity contribution in [2.45, 2.75) is 72.6 Å². The molecule has 1 unspecified atom stereocenters. The van der Waals surface area contributed by atoms with Crippen molar-refractivity contribution >= 4 is 64.5 Å². The molecule has 0 saturated carbocycles. The third kappa shape index (κ3) is 9.37. The predicted molar refractivity (Wildman–Crippen MR) is 173 cm³/mol. The molecule has 14 nitrogen and oxygen atoms in total. The summed E-state index contributed by atoms with van der Waals surface area (Å²) in [7, 11) is -0.822. The van der Waals surface area contributed by atoms with Crippen molar-refractivity contribution in [2.24, 2.45) is 10.8 Å². The van der Waals surface area contributed by atoms with E-state index < -0.39 is 49.4 Å². The van der Waals surface area contributed by atoms with Gasteiger partial charge in [0.2, 0.25) is 5.95 Å². The number of nitrogens with zero attached hydrogens (tertiary/aromatic N) is 5. The lowest BCUT2D eigenvalue weighted by atomic mass is 9.98. The zero-order valence-corrected chi connectivity index (χ0v) is 29.6. The Morgan fingerprint density at radius 3 is 2.11 bits per heavy atom. The monoisotopic (exact) mass is 694 g/mol. The van der Waals surface area contributed by atoms with Crippen molar-refractivity contribution in [3.05, 3.63) is 6.33 Å². The number of alkyl halides is 1. The second kappa shape index (κ2) is 14.5. The summed E-state index contributed by atoms with van der Waals surface area (Å²) in [5.74, 6) is 0.692. The van der Waals surface area contributed by atoms with Crippen molar-refractivity contribution in [1.29, 1.82) is 0 Å². The van der Waals surface area contributed by atoms with Gasteiger partial charge in [-0.05, 0) is 6.92 Å². The summed E-state index contributed by atoms with van der Waals surface area (Å²) in [4.78, 5) is 38.9. The van der Waals surface area contributed by atoms with Gasteiger partial charge in [-0.2, -0.15) is 9.97 Å². The molecule has 2 aromatic rings. The van der Waals surface area contributed by atoms with E-state index in [-0.39, 0.29) is 46.5 Å². The number of rotatable bonds is 13. The summed E-state index contributed by atoms with van der Waals surface area (Å²) in [6.45, 7) is 11.0. The van der Waals surface area contributed by atoms with Crippen LogP contribution in [0.4, 0.5) is 16.2 Å². The number of fused-ring (bicyclic) bond motifs is 1. The minimum absolute atomic E-state index is 0.0631. The lowest BCUT2D eigenvalue weighted by molar-refractivity contribution is -0.118. The fourth-order valence-electron chi connectivity index (χ4n) is 4.03. The molecule has 0 aromatic carbocycles. The number of nitrogens with two attached hydrogens (primary N) is 1. The maximum Gasteiger partial charge on any atom is 0.474 e. The summed E-state index contributed by atoms with van der Waals surface area (Å²) in [5, 5.41) is 10.8. The predicted octanol–water partition coefficient (Wildman–Crippen LogP) is 4.23. The molecule has 3 heterocycles. The molecule has 45 heavy (non-hydrogen) atoms. The number of ether oxygens (including phenoxy) is 1. The highest BCUT2D eigenvalue weighted by molar-refractivity contribution is 8.14. The molecule has 1 saturated heterocycles. The maximum absolute atomic E-state index is 16.1. The van der Waals surface area contributed by atoms with E-state index in [1.165, 1.54) is 10.9 Å². The smallest absolute Gasteiger partial charge is 0.387 e. The first-order chi connectivity index (χ1) is 20.7. The van der Waals surface area contributed by atoms with Gasteiger partial charge in [0.15, 0.2) is 39.1 Å². The molecule has 1 fully saturated rings. The molecule has 0 aliphatic carbocycles. The molecule has 1 aliphatic heterocycles. The van der Waals surface area contributed by atoms with Gasteiger partial charge in [-0.1, -0.05) is 65.1 Å². The van der Waals surface area contributed by atoms with E-state index in [2.05, 4.69) is 15.0 Å². The van der Waals surface area contributed by atoms with Crippen LogP contribution in [0.5, 0.6) is 0 Å². The molecule has 254 valence electrons. The van der Waals surface area contributed by atoms with Crippen LogP contribution >= 0.6 is 31.3 Å². The molecule has 2 aromatic heterocycles. The SMILES string of the molecule is CN(C)c1nc(N)nc2c1ncn2[C@@H]1OC(COP(=O)(OCCSC(=O)C(C)(C)C)OCCSC(=O)C(C)(C)C)[C@@H](O)[C@@]1(C)F. The van der Waals surface area contributed by atoms with Crippen molar-refractivity contribution < 1.29 is 42.0 Å². The van der Waals surface area contributed by atoms with Gasteiger partial charge in [0.05, 0.1) is 26.1 Å². The highest BCUT2D eigenvalue weighted by Crippen LogP contribution is 2.51. The van der Waals surface area contributed by atoms with E-state index in [4.69, 9.17) is 24.0 Å². The molecule has 1 aliphatic rings. The molecule has 3 N–H and O–H groups in total. The number of carbonyl (C=O) groups is 2. The van der Waals surface area contributed by atoms with Crippen LogP contribution < -0.4 is 10.6 Å². The summed E-state index contributed by atoms with van der Waals surface area (Å²) >= 11 is 2.03. The lowest BCUT2D eigenvalue weighted by Gasteiger charge is -2.25. The van der Waals surface area contributed by atoms with Crippen molar-refractivity contribution in [3.8, 4) is 0 Å². The number of nitrogen functional groups attached to an aromatic ring is 1. The van der Waals surface area contributed by atoms with Crippen LogP contribution in [-0.4, -0.2) is 98.2 Å². The number of halogens is 1. The van der Waals surface area contributed by atoms with E-state index in [1.807, 2.05) is 0 Å². The van der Waals surface area contributed by atoms with E-state index in [0.717, 1.165) is 30.4 Å². The number of hydrogen-bond acceptors (Lipinski definition) is 15. The molecule has 0 spiro atoms. The maximum atomic E-state index is 16.1. The normalized spacial score (nSPS) is 22.7.